The molecule has 39 heavy (non-hydrogen) atoms. The summed E-state index contributed by atoms with van der Waals surface area (Å²) in [7, 11) is -3.32. The number of hydrogen-bond donors (Lipinski definition) is 1. The van der Waals surface area contributed by atoms with Crippen molar-refractivity contribution in [2.24, 2.45) is 0 Å². The van der Waals surface area contributed by atoms with E-state index in [9.17, 15) is 13.2 Å². The summed E-state index contributed by atoms with van der Waals surface area (Å²) in [6.45, 7) is 4.89. The number of amides is 1. The molecule has 3 heterocycles. The second-order valence-electron chi connectivity index (χ2n) is 9.39. The van der Waals surface area contributed by atoms with Gasteiger partial charge >= 0.3 is 0 Å². The lowest BCUT2D eigenvalue weighted by atomic mass is 10.1. The zero-order valence-electron chi connectivity index (χ0n) is 21.2. The lowest BCUT2D eigenvalue weighted by Crippen LogP contribution is -2.40. The molecule has 1 saturated heterocycles. The van der Waals surface area contributed by atoms with Gasteiger partial charge in [0.25, 0.3) is 0 Å². The van der Waals surface area contributed by atoms with Crippen molar-refractivity contribution in [1.82, 2.24) is 24.6 Å². The van der Waals surface area contributed by atoms with E-state index in [1.165, 1.54) is 12.4 Å². The number of sulfone groups is 1. The summed E-state index contributed by atoms with van der Waals surface area (Å²) >= 11 is 6.59. The molecule has 1 aliphatic heterocycles. The summed E-state index contributed by atoms with van der Waals surface area (Å²) in [6.07, 6.45) is 5.54. The maximum absolute atomic E-state index is 12.2. The average molecular weight is 567 g/mol. The summed E-state index contributed by atoms with van der Waals surface area (Å²) < 4.78 is 31.4. The second kappa shape index (κ2) is 10.7. The molecule has 12 heteroatoms. The van der Waals surface area contributed by atoms with E-state index >= 15 is 0 Å². The molecule has 0 spiro atoms. The second-order valence-corrected chi connectivity index (χ2v) is 11.8. The van der Waals surface area contributed by atoms with Crippen LogP contribution in [0.5, 0.6) is 5.75 Å². The van der Waals surface area contributed by atoms with E-state index in [-0.39, 0.29) is 23.5 Å². The monoisotopic (exact) mass is 566 g/mol. The summed E-state index contributed by atoms with van der Waals surface area (Å²) in [4.78, 5) is 22.9. The van der Waals surface area contributed by atoms with E-state index < -0.39 is 9.84 Å². The highest BCUT2D eigenvalue weighted by molar-refractivity contribution is 7.90. The first-order valence-electron chi connectivity index (χ1n) is 12.3. The number of nitrogens with zero attached hydrogens (tertiary/aromatic N) is 5. The zero-order chi connectivity index (χ0) is 27.7. The SMILES string of the molecule is C=CC(=O)N1CCCC(n2nc(-c3ccc(OCc4cccc(S(C)(=O)=O)c4)c(Cl)c3)c3c(N)ncnc32)C1. The van der Waals surface area contributed by atoms with E-state index in [2.05, 4.69) is 16.5 Å². The van der Waals surface area contributed by atoms with Crippen LogP contribution in [0.25, 0.3) is 22.3 Å². The van der Waals surface area contributed by atoms with Crippen LogP contribution in [0.4, 0.5) is 5.82 Å². The van der Waals surface area contributed by atoms with Crippen LogP contribution in [0.15, 0.2) is 66.3 Å². The lowest BCUT2D eigenvalue weighted by molar-refractivity contribution is -0.127. The molecular formula is C27H27ClN6O4S. The van der Waals surface area contributed by atoms with E-state index in [1.54, 1.807) is 41.3 Å². The van der Waals surface area contributed by atoms with Crippen LogP contribution in [0, 0.1) is 0 Å². The van der Waals surface area contributed by atoms with Crippen LogP contribution in [-0.4, -0.2) is 58.3 Å². The van der Waals surface area contributed by atoms with Gasteiger partial charge in [-0.2, -0.15) is 5.10 Å². The first kappa shape index (κ1) is 26.6. The standard InChI is InChI=1S/C27H27ClN6O4S/c1-3-23(35)33-11-5-7-19(14-33)34-27-24(26(29)30-16-31-27)25(32-34)18-9-10-22(21(28)13-18)38-15-17-6-4-8-20(12-17)39(2,36)37/h3-4,6,8-10,12-13,16,19H,1,5,7,11,14-15H2,2H3,(H2,29,30,31). The number of nitrogen functional groups attached to an aromatic ring is 1. The maximum atomic E-state index is 12.2. The van der Waals surface area contributed by atoms with Crippen molar-refractivity contribution in [3.05, 3.63) is 72.0 Å². The van der Waals surface area contributed by atoms with Crippen LogP contribution < -0.4 is 10.5 Å². The van der Waals surface area contributed by atoms with Crippen molar-refractivity contribution in [1.29, 1.82) is 0 Å². The highest BCUT2D eigenvalue weighted by Gasteiger charge is 2.28. The summed E-state index contributed by atoms with van der Waals surface area (Å²) in [5.41, 5.74) is 8.83. The first-order chi connectivity index (χ1) is 18.7. The Kier molecular flexibility index (Phi) is 7.28. The number of halogens is 1. The molecule has 1 aliphatic rings. The molecular weight excluding hydrogens is 540 g/mol. The van der Waals surface area contributed by atoms with E-state index in [0.717, 1.165) is 19.1 Å². The fourth-order valence-corrected chi connectivity index (χ4v) is 5.65. The van der Waals surface area contributed by atoms with Crippen LogP contribution in [-0.2, 0) is 21.2 Å². The molecule has 0 bridgehead atoms. The van der Waals surface area contributed by atoms with Crippen LogP contribution in [0.1, 0.15) is 24.4 Å². The third-order valence-corrected chi connectivity index (χ3v) is 8.08. The van der Waals surface area contributed by atoms with Crippen molar-refractivity contribution in [3.8, 4) is 17.0 Å². The van der Waals surface area contributed by atoms with Gasteiger partial charge < -0.3 is 15.4 Å². The summed E-state index contributed by atoms with van der Waals surface area (Å²) in [5.74, 6) is 0.609. The van der Waals surface area contributed by atoms with Crippen molar-refractivity contribution < 1.29 is 17.9 Å². The largest absolute Gasteiger partial charge is 0.487 e. The molecule has 2 aromatic carbocycles. The van der Waals surface area contributed by atoms with Crippen LogP contribution in [0.2, 0.25) is 5.02 Å². The van der Waals surface area contributed by atoms with E-state index in [4.69, 9.17) is 27.2 Å². The number of benzene rings is 2. The van der Waals surface area contributed by atoms with Crippen LogP contribution >= 0.6 is 11.6 Å². The Bertz CT molecular complexity index is 1690. The Morgan fingerprint density at radius 1 is 1.26 bits per heavy atom. The van der Waals surface area contributed by atoms with Gasteiger partial charge in [-0.25, -0.2) is 23.1 Å². The van der Waals surface area contributed by atoms with Gasteiger partial charge in [0.2, 0.25) is 5.91 Å². The molecule has 0 aliphatic carbocycles. The normalized spacial score (nSPS) is 15.8. The molecule has 1 atom stereocenters. The van der Waals surface area contributed by atoms with Gasteiger partial charge in [0, 0.05) is 24.9 Å². The highest BCUT2D eigenvalue weighted by Crippen LogP contribution is 2.37. The van der Waals surface area contributed by atoms with Gasteiger partial charge in [-0.15, -0.1) is 0 Å². The number of fused-ring (bicyclic) bond motifs is 1. The fourth-order valence-electron chi connectivity index (χ4n) is 4.73. The molecule has 202 valence electrons. The number of carbonyl (C=O) groups is 1. The number of aromatic nitrogens is 4. The molecule has 10 nitrogen and oxygen atoms in total. The number of carbonyl (C=O) groups excluding carboxylic acids is 1. The quantitative estimate of drug-likeness (QED) is 0.331. The lowest BCUT2D eigenvalue weighted by Gasteiger charge is -2.32. The van der Waals surface area contributed by atoms with Gasteiger partial charge in [0.1, 0.15) is 30.2 Å². The van der Waals surface area contributed by atoms with Gasteiger partial charge in [0.05, 0.1) is 21.3 Å². The predicted octanol–water partition coefficient (Wildman–Crippen LogP) is 4.06. The third kappa shape index (κ3) is 5.45. The number of nitrogens with two attached hydrogens (primary N) is 1. The van der Waals surface area contributed by atoms with Crippen molar-refractivity contribution >= 4 is 44.2 Å². The minimum atomic E-state index is -3.32. The molecule has 4 aromatic rings. The Balaban J connectivity index is 1.44. The Morgan fingerprint density at radius 2 is 2.08 bits per heavy atom. The highest BCUT2D eigenvalue weighted by atomic mass is 35.5. The molecule has 1 fully saturated rings. The number of rotatable bonds is 7. The van der Waals surface area contributed by atoms with Crippen molar-refractivity contribution in [2.75, 3.05) is 25.1 Å². The van der Waals surface area contributed by atoms with Crippen molar-refractivity contribution in [2.45, 2.75) is 30.4 Å². The molecule has 0 saturated carbocycles. The number of ether oxygens (including phenoxy) is 1. The fraction of sp³-hybridized carbons (Fsp3) is 0.259. The molecule has 2 N–H and O–H groups in total. The number of anilines is 1. The van der Waals surface area contributed by atoms with Gasteiger partial charge in [-0.3, -0.25) is 4.79 Å². The van der Waals surface area contributed by atoms with Gasteiger partial charge in [0.15, 0.2) is 15.5 Å². The third-order valence-electron chi connectivity index (χ3n) is 6.67. The van der Waals surface area contributed by atoms with Crippen LogP contribution in [0.3, 0.4) is 0 Å². The van der Waals surface area contributed by atoms with E-state index in [0.29, 0.717) is 57.5 Å². The van der Waals surface area contributed by atoms with Crippen molar-refractivity contribution in [3.63, 3.8) is 0 Å². The summed E-state index contributed by atoms with van der Waals surface area (Å²) in [6, 6.07) is 11.8. The Morgan fingerprint density at radius 3 is 2.82 bits per heavy atom. The Labute approximate surface area is 231 Å². The molecule has 1 amide bonds. The minimum absolute atomic E-state index is 0.0889. The zero-order valence-corrected chi connectivity index (χ0v) is 22.8. The molecule has 1 unspecified atom stereocenters. The summed E-state index contributed by atoms with van der Waals surface area (Å²) in [5, 5.41) is 5.83. The van der Waals surface area contributed by atoms with Gasteiger partial charge in [-0.1, -0.05) is 30.3 Å². The predicted molar refractivity (Wildman–Crippen MR) is 149 cm³/mol. The first-order valence-corrected chi connectivity index (χ1v) is 14.5. The maximum Gasteiger partial charge on any atom is 0.246 e. The topological polar surface area (TPSA) is 133 Å². The number of piperidine rings is 1. The molecule has 0 radical (unpaired) electrons. The van der Waals surface area contributed by atoms with Gasteiger partial charge in [-0.05, 0) is 54.8 Å². The number of hydrogen-bond acceptors (Lipinski definition) is 8. The molecule has 2 aromatic heterocycles. The Hall–Kier alpha value is -3.96. The minimum Gasteiger partial charge on any atom is -0.487 e. The average Bonchev–Trinajstić information content (AvgIpc) is 3.33. The van der Waals surface area contributed by atoms with E-state index in [1.807, 2.05) is 10.7 Å². The smallest absolute Gasteiger partial charge is 0.246 e. The number of likely N-dealkylation sites (tertiary alicyclic amines) is 1. The molecule has 5 rings (SSSR count).